The molecule has 0 spiro atoms. The van der Waals surface area contributed by atoms with Crippen molar-refractivity contribution in [3.8, 4) is 34.0 Å². The summed E-state index contributed by atoms with van der Waals surface area (Å²) in [6.07, 6.45) is 21.3. The number of methoxy groups -OCH3 is 2. The number of nitrogens with zero attached hydrogens (tertiary/aromatic N) is 6. The Morgan fingerprint density at radius 2 is 0.961 bits per heavy atom. The molecule has 14 rings (SSSR count). The van der Waals surface area contributed by atoms with Crippen molar-refractivity contribution in [2.75, 3.05) is 58.8 Å². The normalized spacial score (nSPS) is 17.1. The van der Waals surface area contributed by atoms with Crippen LogP contribution >= 0.6 is 0 Å². The number of carboxylic acids is 1. The Balaban J connectivity index is 0.000000182. The first kappa shape index (κ1) is 71.6. The van der Waals surface area contributed by atoms with Crippen molar-refractivity contribution in [2.45, 2.75) is 162 Å². The Labute approximate surface area is 595 Å². The van der Waals surface area contributed by atoms with E-state index in [1.807, 2.05) is 51.8 Å². The van der Waals surface area contributed by atoms with Gasteiger partial charge in [-0.2, -0.15) is 10.2 Å². The Morgan fingerprint density at radius 1 is 0.549 bits per heavy atom. The number of carbonyl (C=O) groups excluding carboxylic acids is 3. The van der Waals surface area contributed by atoms with E-state index in [0.29, 0.717) is 86.7 Å². The minimum absolute atomic E-state index is 0.0254. The first-order valence-electron chi connectivity index (χ1n) is 36.0. The van der Waals surface area contributed by atoms with Crippen LogP contribution in [0.25, 0.3) is 67.6 Å². The molecule has 2 saturated carbocycles. The van der Waals surface area contributed by atoms with Crippen LogP contribution in [0.15, 0.2) is 85.2 Å². The summed E-state index contributed by atoms with van der Waals surface area (Å²) < 4.78 is 92.3. The molecule has 6 aliphatic rings. The molecule has 0 radical (unpaired) electrons. The molecule has 22 nitrogen and oxygen atoms in total. The van der Waals surface area contributed by atoms with Crippen LogP contribution in [0.1, 0.15) is 224 Å². The summed E-state index contributed by atoms with van der Waals surface area (Å²) in [6.45, 7) is 12.2. The molecular formula is C78H92N8O14S2. The van der Waals surface area contributed by atoms with E-state index in [9.17, 15) is 41.1 Å². The van der Waals surface area contributed by atoms with Crippen LogP contribution in [-0.4, -0.2) is 133 Å². The zero-order valence-corrected chi connectivity index (χ0v) is 60.9. The van der Waals surface area contributed by atoms with Crippen molar-refractivity contribution in [3.63, 3.8) is 0 Å². The van der Waals surface area contributed by atoms with Crippen LogP contribution in [0.3, 0.4) is 0 Å². The molecule has 8 aromatic rings. The average molecular weight is 1430 g/mol. The fourth-order valence-corrected chi connectivity index (χ4v) is 19.0. The highest BCUT2D eigenvalue weighted by molar-refractivity contribution is 7.90. The highest BCUT2D eigenvalue weighted by Gasteiger charge is 2.37. The second-order valence-corrected chi connectivity index (χ2v) is 32.2. The average Bonchev–Trinajstić information content (AvgIpc) is 1.57. The van der Waals surface area contributed by atoms with Crippen molar-refractivity contribution in [1.29, 1.82) is 0 Å². The van der Waals surface area contributed by atoms with Gasteiger partial charge < -0.3 is 37.9 Å². The lowest BCUT2D eigenvalue weighted by molar-refractivity contribution is 0.0523. The largest absolute Gasteiger partial charge is 0.497 e. The minimum Gasteiger partial charge on any atom is -0.497 e. The fraction of sp³-hybridized carbons (Fsp3) is 0.462. The van der Waals surface area contributed by atoms with Crippen LogP contribution in [-0.2, 0) is 47.3 Å². The summed E-state index contributed by atoms with van der Waals surface area (Å²) in [5.41, 5.74) is 13.9. The van der Waals surface area contributed by atoms with Crippen molar-refractivity contribution in [1.82, 2.24) is 38.1 Å². The second-order valence-electron chi connectivity index (χ2n) is 28.7. The van der Waals surface area contributed by atoms with Gasteiger partial charge in [0.25, 0.3) is 11.8 Å². The number of carboxylic acid groups (broad SMARTS) is 1. The molecule has 4 aromatic heterocycles. The molecule has 4 aromatic carbocycles. The monoisotopic (exact) mass is 1430 g/mol. The van der Waals surface area contributed by atoms with E-state index in [1.54, 1.807) is 73.2 Å². The Hall–Kier alpha value is -8.84. The van der Waals surface area contributed by atoms with Gasteiger partial charge in [0.2, 0.25) is 20.0 Å². The van der Waals surface area contributed by atoms with E-state index < -0.39 is 43.8 Å². The summed E-state index contributed by atoms with van der Waals surface area (Å²) in [4.78, 5) is 53.3. The van der Waals surface area contributed by atoms with Gasteiger partial charge in [-0.05, 0) is 188 Å². The van der Waals surface area contributed by atoms with Gasteiger partial charge in [0.1, 0.15) is 22.6 Å². The Bertz CT molecular complexity index is 4840. The molecular weight excluding hydrogens is 1340 g/mol. The third-order valence-electron chi connectivity index (χ3n) is 20.7. The van der Waals surface area contributed by atoms with E-state index in [0.717, 1.165) is 131 Å². The van der Waals surface area contributed by atoms with Gasteiger partial charge in [0.15, 0.2) is 0 Å². The maximum atomic E-state index is 13.6. The lowest BCUT2D eigenvalue weighted by atomic mass is 9.81. The highest BCUT2D eigenvalue weighted by atomic mass is 32.2. The maximum Gasteiger partial charge on any atom is 0.341 e. The number of esters is 1. The van der Waals surface area contributed by atoms with Crippen LogP contribution in [0.4, 0.5) is 0 Å². The molecule has 540 valence electrons. The van der Waals surface area contributed by atoms with Gasteiger partial charge in [0, 0.05) is 70.5 Å². The van der Waals surface area contributed by atoms with Crippen molar-refractivity contribution >= 4 is 88.9 Å². The zero-order valence-electron chi connectivity index (χ0n) is 59.2. The number of benzene rings is 4. The summed E-state index contributed by atoms with van der Waals surface area (Å²) >= 11 is 0. The number of amides is 2. The van der Waals surface area contributed by atoms with Gasteiger partial charge in [-0.3, -0.25) is 19.0 Å². The first-order chi connectivity index (χ1) is 49.1. The molecule has 0 unspecified atom stereocenters. The maximum absolute atomic E-state index is 13.6. The third-order valence-corrected chi connectivity index (χ3v) is 23.9. The third kappa shape index (κ3) is 14.7. The van der Waals surface area contributed by atoms with Gasteiger partial charge in [-0.15, -0.1) is 0 Å². The van der Waals surface area contributed by atoms with E-state index in [1.165, 1.54) is 30.2 Å². The molecule has 2 amide bonds. The zero-order chi connectivity index (χ0) is 71.7. The van der Waals surface area contributed by atoms with Crippen molar-refractivity contribution in [3.05, 3.63) is 141 Å². The lowest BCUT2D eigenvalue weighted by Crippen LogP contribution is -2.34. The molecule has 2 aliphatic carbocycles. The topological polar surface area (TPSA) is 272 Å². The van der Waals surface area contributed by atoms with Gasteiger partial charge in [0.05, 0.1) is 92.7 Å². The second kappa shape index (κ2) is 30.2. The number of carbonyl (C=O) groups is 4. The number of ether oxygens (including phenoxy) is 5. The lowest BCUT2D eigenvalue weighted by Gasteiger charge is -2.25. The number of hydrogen-bond acceptors (Lipinski definition) is 15. The predicted octanol–water partition coefficient (Wildman–Crippen LogP) is 14.2. The Morgan fingerprint density at radius 3 is 1.35 bits per heavy atom. The summed E-state index contributed by atoms with van der Waals surface area (Å²) in [7, 11) is -4.37. The number of allylic oxidation sites excluding steroid dienone is 2. The first-order valence-corrected chi connectivity index (χ1v) is 39.3. The van der Waals surface area contributed by atoms with Gasteiger partial charge in [-0.1, -0.05) is 78.4 Å². The predicted molar refractivity (Wildman–Crippen MR) is 393 cm³/mol. The van der Waals surface area contributed by atoms with Crippen LogP contribution in [0, 0.1) is 11.8 Å². The SMILES string of the molecule is CCOC(=O)c1cnn(C2CCOCC2)c1C1=Cc2cc(OC)ccc2-c2c(C3CCCCC3)c3ccc(C(=O)NS(=O)(=O)CC(C)C)cc3n2C1.COc1ccc2c(c1)C=C(c1c(C(=O)O)cnn1C1CCOCC1)Cn1c-2c(C2CCCCC2)c2ccc(C(=O)NS(=O)(=O)CC(C)C)cc21. The van der Waals surface area contributed by atoms with E-state index in [2.05, 4.69) is 48.0 Å². The van der Waals surface area contributed by atoms with Crippen molar-refractivity contribution < 1.29 is 64.8 Å². The van der Waals surface area contributed by atoms with Crippen molar-refractivity contribution in [2.24, 2.45) is 11.8 Å². The number of sulfonamides is 2. The minimum atomic E-state index is -3.83. The van der Waals surface area contributed by atoms with Crippen LogP contribution in [0.5, 0.6) is 11.5 Å². The number of aromatic nitrogens is 6. The summed E-state index contributed by atoms with van der Waals surface area (Å²) in [5, 5.41) is 21.9. The van der Waals surface area contributed by atoms with E-state index >= 15 is 0 Å². The number of hydrogen-bond donors (Lipinski definition) is 3. The number of aromatic carboxylic acids is 1. The summed E-state index contributed by atoms with van der Waals surface area (Å²) in [6, 6.07) is 23.1. The number of rotatable bonds is 19. The fourth-order valence-electron chi connectivity index (χ4n) is 16.3. The quantitative estimate of drug-likeness (QED) is 0.0635. The molecule has 4 aliphatic heterocycles. The van der Waals surface area contributed by atoms with Crippen LogP contribution < -0.4 is 18.9 Å². The van der Waals surface area contributed by atoms with E-state index in [4.69, 9.17) is 28.8 Å². The Kier molecular flexibility index (Phi) is 21.2. The number of nitrogens with one attached hydrogen (secondary N) is 2. The molecule has 3 N–H and O–H groups in total. The molecule has 8 heterocycles. The standard InChI is InChI=1S/C40H48N4O7S.C38H44N4O7S/c1-5-51-40(46)34-22-41-44(30-15-17-50-18-16-30)37(34)29-19-28-20-31(49-4)12-14-32(28)38-36(26-9-7-6-8-10-26)33-13-11-27(21-35(33)43(38)23-29)39(45)42-52(47,48)24-25(2)3;1-23(2)22-50(46,47)40-37(43)25-9-11-31-33(19-25)41-21-27(35-32(38(44)45)20-39-42(35)28-13-15-49-16-14-28)17-26-18-29(48-3)10-12-30(26)36(41)34(31)24-7-5-4-6-8-24/h11-14,19-22,25-26,30H,5-10,15-18,23-24H2,1-4H3,(H,42,45);9-12,17-20,23-24,28H,4-8,13-16,21-22H2,1-3H3,(H,40,43)(H,44,45). The smallest absolute Gasteiger partial charge is 0.341 e. The molecule has 0 atom stereocenters. The molecule has 24 heteroatoms. The molecule has 2 saturated heterocycles. The summed E-state index contributed by atoms with van der Waals surface area (Å²) in [5.74, 6) is -1.43. The van der Waals surface area contributed by atoms with Crippen LogP contribution in [0.2, 0.25) is 0 Å². The van der Waals surface area contributed by atoms with E-state index in [-0.39, 0.29) is 64.6 Å². The van der Waals surface area contributed by atoms with Gasteiger partial charge in [-0.25, -0.2) is 35.9 Å². The molecule has 4 fully saturated rings. The highest BCUT2D eigenvalue weighted by Crippen LogP contribution is 2.51. The molecule has 0 bridgehead atoms. The molecule has 102 heavy (non-hydrogen) atoms. The van der Waals surface area contributed by atoms with Gasteiger partial charge >= 0.3 is 11.9 Å². The number of fused-ring (bicyclic) bond motifs is 10.